The van der Waals surface area contributed by atoms with E-state index in [2.05, 4.69) is 22.3 Å². The van der Waals surface area contributed by atoms with Crippen LogP contribution in [-0.4, -0.2) is 39.5 Å². The molecule has 154 valence electrons. The molecule has 8 heteroatoms. The van der Waals surface area contributed by atoms with Crippen LogP contribution in [0.25, 0.3) is 0 Å². The number of carbonyl (C=O) groups is 1. The molecule has 1 fully saturated rings. The standard InChI is InChI=1S/C19H31N3O3S.ClH/c1-13(2)11-18(19(23)21-17-9-10-20-12-15(17)4)22-26(24,25)16-7-5-14(3)6-8-16;/h5-8,13,15,17-18,20,22H,9-12H2,1-4H3,(H,21,23);1H. The zero-order valence-electron chi connectivity index (χ0n) is 16.5. The van der Waals surface area contributed by atoms with Gasteiger partial charge in [-0.3, -0.25) is 4.79 Å². The summed E-state index contributed by atoms with van der Waals surface area (Å²) >= 11 is 0. The van der Waals surface area contributed by atoms with Gasteiger partial charge in [0.1, 0.15) is 6.04 Å². The Labute approximate surface area is 169 Å². The summed E-state index contributed by atoms with van der Waals surface area (Å²) in [6.45, 7) is 9.67. The van der Waals surface area contributed by atoms with Gasteiger partial charge >= 0.3 is 0 Å². The summed E-state index contributed by atoms with van der Waals surface area (Å²) in [7, 11) is -3.74. The second-order valence-corrected chi connectivity index (χ2v) is 9.42. The third-order valence-electron chi connectivity index (χ3n) is 4.77. The lowest BCUT2D eigenvalue weighted by Gasteiger charge is -2.32. The van der Waals surface area contributed by atoms with Crippen LogP contribution in [0.15, 0.2) is 29.2 Å². The molecule has 6 nitrogen and oxygen atoms in total. The van der Waals surface area contributed by atoms with Crippen LogP contribution in [0.5, 0.6) is 0 Å². The number of hydrogen-bond donors (Lipinski definition) is 3. The summed E-state index contributed by atoms with van der Waals surface area (Å²) in [6, 6.07) is 5.94. The zero-order chi connectivity index (χ0) is 19.3. The second-order valence-electron chi connectivity index (χ2n) is 7.70. The van der Waals surface area contributed by atoms with E-state index in [0.717, 1.165) is 25.1 Å². The third kappa shape index (κ3) is 7.07. The van der Waals surface area contributed by atoms with Crippen molar-refractivity contribution >= 4 is 28.3 Å². The van der Waals surface area contributed by atoms with Gasteiger partial charge in [0.2, 0.25) is 15.9 Å². The van der Waals surface area contributed by atoms with E-state index in [-0.39, 0.29) is 35.2 Å². The van der Waals surface area contributed by atoms with E-state index in [9.17, 15) is 13.2 Å². The second kappa shape index (κ2) is 10.4. The van der Waals surface area contributed by atoms with Crippen molar-refractivity contribution in [1.29, 1.82) is 0 Å². The first kappa shape index (κ1) is 23.9. The average molecular weight is 418 g/mol. The molecule has 1 heterocycles. The minimum atomic E-state index is -3.74. The lowest BCUT2D eigenvalue weighted by Crippen LogP contribution is -2.54. The molecular weight excluding hydrogens is 386 g/mol. The largest absolute Gasteiger partial charge is 0.352 e. The Bertz CT molecular complexity index is 707. The number of rotatable bonds is 7. The van der Waals surface area contributed by atoms with E-state index in [0.29, 0.717) is 12.3 Å². The Morgan fingerprint density at radius 3 is 2.44 bits per heavy atom. The van der Waals surface area contributed by atoms with Crippen molar-refractivity contribution in [2.75, 3.05) is 13.1 Å². The maximum Gasteiger partial charge on any atom is 0.241 e. The fraction of sp³-hybridized carbons (Fsp3) is 0.632. The molecule has 27 heavy (non-hydrogen) atoms. The highest BCUT2D eigenvalue weighted by Gasteiger charge is 2.30. The molecule has 3 atom stereocenters. The molecule has 1 aromatic rings. The summed E-state index contributed by atoms with van der Waals surface area (Å²) in [5, 5.41) is 6.35. The summed E-state index contributed by atoms with van der Waals surface area (Å²) in [6.07, 6.45) is 1.31. The van der Waals surface area contributed by atoms with Gasteiger partial charge in [0, 0.05) is 6.04 Å². The number of halogens is 1. The molecule has 0 aliphatic carbocycles. The van der Waals surface area contributed by atoms with E-state index in [1.807, 2.05) is 20.8 Å². The first-order valence-corrected chi connectivity index (χ1v) is 10.8. The summed E-state index contributed by atoms with van der Waals surface area (Å²) < 4.78 is 28.0. The number of amides is 1. The van der Waals surface area contributed by atoms with Gasteiger partial charge in [-0.15, -0.1) is 12.4 Å². The van der Waals surface area contributed by atoms with E-state index >= 15 is 0 Å². The van der Waals surface area contributed by atoms with E-state index in [1.165, 1.54) is 0 Å². The SMILES string of the molecule is Cc1ccc(S(=O)(=O)NC(CC(C)C)C(=O)NC2CCNCC2C)cc1.Cl. The number of piperidine rings is 1. The molecule has 1 aliphatic rings. The Hall–Kier alpha value is -1.15. The molecule has 0 radical (unpaired) electrons. The molecule has 0 aromatic heterocycles. The minimum Gasteiger partial charge on any atom is -0.352 e. The van der Waals surface area contributed by atoms with Crippen LogP contribution in [0.4, 0.5) is 0 Å². The predicted molar refractivity (Wildman–Crippen MR) is 111 cm³/mol. The molecule has 1 saturated heterocycles. The van der Waals surface area contributed by atoms with Gasteiger partial charge in [-0.2, -0.15) is 4.72 Å². The molecular formula is C19H32ClN3O3S. The minimum absolute atomic E-state index is 0. The number of nitrogens with one attached hydrogen (secondary N) is 3. The highest BCUT2D eigenvalue weighted by molar-refractivity contribution is 7.89. The quantitative estimate of drug-likeness (QED) is 0.634. The summed E-state index contributed by atoms with van der Waals surface area (Å²) in [4.78, 5) is 13.0. The first-order chi connectivity index (χ1) is 12.2. The van der Waals surface area contributed by atoms with Crippen molar-refractivity contribution in [1.82, 2.24) is 15.4 Å². The van der Waals surface area contributed by atoms with Crippen LogP contribution in [0.3, 0.4) is 0 Å². The molecule has 3 unspecified atom stereocenters. The number of benzene rings is 1. The Balaban J connectivity index is 0.00000364. The third-order valence-corrected chi connectivity index (χ3v) is 6.25. The van der Waals surface area contributed by atoms with Gasteiger partial charge in [0.15, 0.2) is 0 Å². The van der Waals surface area contributed by atoms with Crippen LogP contribution >= 0.6 is 12.4 Å². The smallest absolute Gasteiger partial charge is 0.241 e. The van der Waals surface area contributed by atoms with Crippen LogP contribution < -0.4 is 15.4 Å². The van der Waals surface area contributed by atoms with Gasteiger partial charge in [0.25, 0.3) is 0 Å². The normalized spacial score (nSPS) is 21.4. The number of sulfonamides is 1. The molecule has 0 bridgehead atoms. The fourth-order valence-electron chi connectivity index (χ4n) is 3.16. The zero-order valence-corrected chi connectivity index (χ0v) is 18.1. The molecule has 0 saturated carbocycles. The van der Waals surface area contributed by atoms with Gasteiger partial charge < -0.3 is 10.6 Å². The molecule has 1 amide bonds. The molecule has 2 rings (SSSR count). The highest BCUT2D eigenvalue weighted by atomic mass is 35.5. The van der Waals surface area contributed by atoms with Crippen LogP contribution in [0.2, 0.25) is 0 Å². The van der Waals surface area contributed by atoms with Gasteiger partial charge in [-0.1, -0.05) is 38.5 Å². The lowest BCUT2D eigenvalue weighted by atomic mass is 9.94. The monoisotopic (exact) mass is 417 g/mol. The van der Waals surface area contributed by atoms with Gasteiger partial charge in [-0.05, 0) is 56.8 Å². The topological polar surface area (TPSA) is 87.3 Å². The maximum absolute atomic E-state index is 12.8. The Morgan fingerprint density at radius 1 is 1.26 bits per heavy atom. The molecule has 0 spiro atoms. The van der Waals surface area contributed by atoms with Crippen LogP contribution in [-0.2, 0) is 14.8 Å². The molecule has 3 N–H and O–H groups in total. The van der Waals surface area contributed by atoms with Crippen LogP contribution in [0, 0.1) is 18.8 Å². The van der Waals surface area contributed by atoms with E-state index in [4.69, 9.17) is 0 Å². The fourth-order valence-corrected chi connectivity index (χ4v) is 4.37. The van der Waals surface area contributed by atoms with Gasteiger partial charge in [-0.25, -0.2) is 8.42 Å². The first-order valence-electron chi connectivity index (χ1n) is 9.29. The van der Waals surface area contributed by atoms with Crippen LogP contribution in [0.1, 0.15) is 39.2 Å². The molecule has 1 aliphatic heterocycles. The molecule has 1 aromatic carbocycles. The van der Waals surface area contributed by atoms with Crippen molar-refractivity contribution in [2.45, 2.75) is 57.5 Å². The van der Waals surface area contributed by atoms with Gasteiger partial charge in [0.05, 0.1) is 4.90 Å². The van der Waals surface area contributed by atoms with Crippen molar-refractivity contribution < 1.29 is 13.2 Å². The number of aryl methyl sites for hydroxylation is 1. The van der Waals surface area contributed by atoms with E-state index in [1.54, 1.807) is 24.3 Å². The van der Waals surface area contributed by atoms with E-state index < -0.39 is 16.1 Å². The average Bonchev–Trinajstić information content (AvgIpc) is 2.56. The van der Waals surface area contributed by atoms with Crippen molar-refractivity contribution in [3.8, 4) is 0 Å². The predicted octanol–water partition coefficient (Wildman–Crippen LogP) is 2.22. The highest BCUT2D eigenvalue weighted by Crippen LogP contribution is 2.15. The summed E-state index contributed by atoms with van der Waals surface area (Å²) in [5.41, 5.74) is 0.986. The lowest BCUT2D eigenvalue weighted by molar-refractivity contribution is -0.124. The Kier molecular flexibility index (Phi) is 9.21. The van der Waals surface area contributed by atoms with Crippen molar-refractivity contribution in [3.05, 3.63) is 29.8 Å². The summed E-state index contributed by atoms with van der Waals surface area (Å²) in [5.74, 6) is 0.270. The number of carbonyl (C=O) groups excluding carboxylic acids is 1. The maximum atomic E-state index is 12.8. The van der Waals surface area contributed by atoms with Crippen molar-refractivity contribution in [3.63, 3.8) is 0 Å². The van der Waals surface area contributed by atoms with Crippen molar-refractivity contribution in [2.24, 2.45) is 11.8 Å². The number of hydrogen-bond acceptors (Lipinski definition) is 4. The Morgan fingerprint density at radius 2 is 1.89 bits per heavy atom.